The van der Waals surface area contributed by atoms with Gasteiger partial charge in [0.2, 0.25) is 10.0 Å². The first-order chi connectivity index (χ1) is 11.0. The topological polar surface area (TPSA) is 81.2 Å². The Hall–Kier alpha value is -1.70. The third-order valence-electron chi connectivity index (χ3n) is 4.31. The van der Waals surface area contributed by atoms with Crippen LogP contribution in [0.2, 0.25) is 0 Å². The van der Waals surface area contributed by atoms with Crippen molar-refractivity contribution < 1.29 is 8.42 Å². The van der Waals surface area contributed by atoms with Gasteiger partial charge in [-0.1, -0.05) is 24.1 Å². The van der Waals surface area contributed by atoms with Crippen molar-refractivity contribution in [1.29, 1.82) is 0 Å². The first-order valence-electron chi connectivity index (χ1n) is 7.86. The van der Waals surface area contributed by atoms with Gasteiger partial charge in [-0.25, -0.2) is 13.1 Å². The van der Waals surface area contributed by atoms with Crippen LogP contribution in [0.1, 0.15) is 24.8 Å². The molecule has 2 N–H and O–H groups in total. The van der Waals surface area contributed by atoms with E-state index < -0.39 is 10.0 Å². The summed E-state index contributed by atoms with van der Waals surface area (Å²) in [7, 11) is -3.55. The minimum Gasteiger partial charge on any atom is -0.329 e. The summed E-state index contributed by atoms with van der Waals surface area (Å²) in [5.74, 6) is 0. The number of sulfonamides is 1. The molecular formula is C16H22N4O2S. The van der Waals surface area contributed by atoms with Gasteiger partial charge in [-0.3, -0.25) is 0 Å². The Bertz CT molecular complexity index is 768. The molecular weight excluding hydrogens is 312 g/mol. The predicted octanol–water partition coefficient (Wildman–Crippen LogP) is 1.68. The van der Waals surface area contributed by atoms with Crippen molar-refractivity contribution in [3.05, 3.63) is 42.2 Å². The van der Waals surface area contributed by atoms with Crippen LogP contribution in [0.25, 0.3) is 5.69 Å². The van der Waals surface area contributed by atoms with Gasteiger partial charge in [-0.2, -0.15) is 9.40 Å². The molecule has 1 atom stereocenters. The monoisotopic (exact) mass is 334 g/mol. The Morgan fingerprint density at radius 3 is 2.70 bits per heavy atom. The fraction of sp³-hybridized carbons (Fsp3) is 0.438. The molecule has 0 spiro atoms. The van der Waals surface area contributed by atoms with Gasteiger partial charge in [0, 0.05) is 19.1 Å². The minimum atomic E-state index is -3.55. The summed E-state index contributed by atoms with van der Waals surface area (Å²) < 4.78 is 28.9. The Morgan fingerprint density at radius 1 is 1.26 bits per heavy atom. The van der Waals surface area contributed by atoms with Crippen LogP contribution >= 0.6 is 0 Å². The second-order valence-electron chi connectivity index (χ2n) is 5.96. The molecule has 3 rings (SSSR count). The average molecular weight is 334 g/mol. The normalized spacial score (nSPS) is 19.8. The summed E-state index contributed by atoms with van der Waals surface area (Å²) in [4.78, 5) is 0.221. The van der Waals surface area contributed by atoms with Gasteiger partial charge >= 0.3 is 0 Å². The second kappa shape index (κ2) is 6.43. The van der Waals surface area contributed by atoms with Crippen molar-refractivity contribution in [3.63, 3.8) is 0 Å². The van der Waals surface area contributed by atoms with Crippen LogP contribution in [0.15, 0.2) is 41.6 Å². The Labute approximate surface area is 137 Å². The summed E-state index contributed by atoms with van der Waals surface area (Å²) in [5, 5.41) is 4.21. The highest BCUT2D eigenvalue weighted by Crippen LogP contribution is 2.25. The summed E-state index contributed by atoms with van der Waals surface area (Å²) in [5.41, 5.74) is 7.74. The molecule has 2 aromatic rings. The number of aryl methyl sites for hydroxylation is 1. The van der Waals surface area contributed by atoms with Crippen LogP contribution in [0.3, 0.4) is 0 Å². The number of piperidine rings is 1. The third kappa shape index (κ3) is 3.17. The standard InChI is InChI=1S/C16H22N4O2S/c1-13-5-7-14(8-6-13)19-12-16(11-18-19)23(21,22)20-9-3-2-4-15(20)10-17/h5-8,11-12,15H,2-4,9-10,17H2,1H3/t15-/m0/s1. The van der Waals surface area contributed by atoms with Crippen molar-refractivity contribution in [3.8, 4) is 5.69 Å². The van der Waals surface area contributed by atoms with Gasteiger partial charge in [0.1, 0.15) is 4.90 Å². The van der Waals surface area contributed by atoms with E-state index in [9.17, 15) is 8.42 Å². The lowest BCUT2D eigenvalue weighted by atomic mass is 10.1. The van der Waals surface area contributed by atoms with Gasteiger partial charge in [0.25, 0.3) is 0 Å². The van der Waals surface area contributed by atoms with E-state index in [-0.39, 0.29) is 10.9 Å². The zero-order valence-electron chi connectivity index (χ0n) is 13.2. The SMILES string of the molecule is Cc1ccc(-n2cc(S(=O)(=O)N3CCCC[C@H]3CN)cn2)cc1. The number of nitrogens with two attached hydrogens (primary N) is 1. The molecule has 6 nitrogen and oxygen atoms in total. The smallest absolute Gasteiger partial charge is 0.246 e. The summed E-state index contributed by atoms with van der Waals surface area (Å²) >= 11 is 0. The molecule has 1 saturated heterocycles. The number of aromatic nitrogens is 2. The predicted molar refractivity (Wildman–Crippen MR) is 88.9 cm³/mol. The van der Waals surface area contributed by atoms with Crippen LogP contribution in [0, 0.1) is 6.92 Å². The van der Waals surface area contributed by atoms with Crippen LogP contribution in [0.4, 0.5) is 0 Å². The summed E-state index contributed by atoms with van der Waals surface area (Å²) in [6.45, 7) is 2.89. The van der Waals surface area contributed by atoms with E-state index in [1.54, 1.807) is 10.9 Å². The first-order valence-corrected chi connectivity index (χ1v) is 9.30. The van der Waals surface area contributed by atoms with Crippen LogP contribution < -0.4 is 5.73 Å². The molecule has 0 amide bonds. The van der Waals surface area contributed by atoms with Gasteiger partial charge < -0.3 is 5.73 Å². The Balaban J connectivity index is 1.90. The van der Waals surface area contributed by atoms with E-state index in [4.69, 9.17) is 5.73 Å². The molecule has 7 heteroatoms. The van der Waals surface area contributed by atoms with Crippen LogP contribution in [-0.4, -0.2) is 41.6 Å². The van der Waals surface area contributed by atoms with Gasteiger partial charge in [0.05, 0.1) is 18.1 Å². The first kappa shape index (κ1) is 16.2. The molecule has 0 saturated carbocycles. The molecule has 124 valence electrons. The van der Waals surface area contributed by atoms with Crippen molar-refractivity contribution in [2.75, 3.05) is 13.1 Å². The van der Waals surface area contributed by atoms with Crippen molar-refractivity contribution >= 4 is 10.0 Å². The second-order valence-corrected chi connectivity index (χ2v) is 7.85. The molecule has 0 radical (unpaired) electrons. The molecule has 23 heavy (non-hydrogen) atoms. The number of hydrogen-bond donors (Lipinski definition) is 1. The van der Waals surface area contributed by atoms with E-state index in [1.807, 2.05) is 31.2 Å². The van der Waals surface area contributed by atoms with Crippen molar-refractivity contribution in [2.24, 2.45) is 5.73 Å². The highest BCUT2D eigenvalue weighted by molar-refractivity contribution is 7.89. The lowest BCUT2D eigenvalue weighted by Crippen LogP contribution is -2.47. The van der Waals surface area contributed by atoms with Gasteiger partial charge in [-0.15, -0.1) is 0 Å². The van der Waals surface area contributed by atoms with Crippen LogP contribution in [0.5, 0.6) is 0 Å². The molecule has 2 heterocycles. The number of rotatable bonds is 4. The molecule has 0 bridgehead atoms. The summed E-state index contributed by atoms with van der Waals surface area (Å²) in [6.07, 6.45) is 5.71. The van der Waals surface area contributed by atoms with E-state index in [0.29, 0.717) is 13.1 Å². The third-order valence-corrected chi connectivity index (χ3v) is 6.21. The Kier molecular flexibility index (Phi) is 4.52. The largest absolute Gasteiger partial charge is 0.329 e. The molecule has 1 aliphatic heterocycles. The quantitative estimate of drug-likeness (QED) is 0.922. The zero-order chi connectivity index (χ0) is 16.4. The Morgan fingerprint density at radius 2 is 2.00 bits per heavy atom. The average Bonchev–Trinajstić information content (AvgIpc) is 3.06. The number of nitrogens with zero attached hydrogens (tertiary/aromatic N) is 3. The van der Waals surface area contributed by atoms with Crippen molar-refractivity contribution in [2.45, 2.75) is 37.1 Å². The van der Waals surface area contributed by atoms with E-state index >= 15 is 0 Å². The van der Waals surface area contributed by atoms with E-state index in [2.05, 4.69) is 5.10 Å². The zero-order valence-corrected chi connectivity index (χ0v) is 14.0. The molecule has 1 aromatic carbocycles. The van der Waals surface area contributed by atoms with Gasteiger partial charge in [0.15, 0.2) is 0 Å². The molecule has 0 unspecified atom stereocenters. The highest BCUT2D eigenvalue weighted by Gasteiger charge is 2.33. The maximum absolute atomic E-state index is 12.9. The van der Waals surface area contributed by atoms with Crippen molar-refractivity contribution in [1.82, 2.24) is 14.1 Å². The van der Waals surface area contributed by atoms with Crippen LogP contribution in [-0.2, 0) is 10.0 Å². The lowest BCUT2D eigenvalue weighted by molar-refractivity contribution is 0.257. The maximum atomic E-state index is 12.9. The molecule has 1 fully saturated rings. The maximum Gasteiger partial charge on any atom is 0.246 e. The minimum absolute atomic E-state index is 0.114. The molecule has 1 aliphatic rings. The highest BCUT2D eigenvalue weighted by atomic mass is 32.2. The van der Waals surface area contributed by atoms with E-state index in [1.165, 1.54) is 10.5 Å². The fourth-order valence-electron chi connectivity index (χ4n) is 2.94. The number of benzene rings is 1. The molecule has 1 aromatic heterocycles. The molecule has 0 aliphatic carbocycles. The van der Waals surface area contributed by atoms with E-state index in [0.717, 1.165) is 30.5 Å². The van der Waals surface area contributed by atoms with Gasteiger partial charge in [-0.05, 0) is 31.9 Å². The fourth-order valence-corrected chi connectivity index (χ4v) is 4.58. The summed E-state index contributed by atoms with van der Waals surface area (Å²) in [6, 6.07) is 7.67. The number of hydrogen-bond acceptors (Lipinski definition) is 4. The lowest BCUT2D eigenvalue weighted by Gasteiger charge is -2.33.